The summed E-state index contributed by atoms with van der Waals surface area (Å²) in [5, 5.41) is 3.62. The van der Waals surface area contributed by atoms with Gasteiger partial charge in [0, 0.05) is 11.6 Å². The van der Waals surface area contributed by atoms with Gasteiger partial charge in [0.2, 0.25) is 0 Å². The van der Waals surface area contributed by atoms with Crippen LogP contribution in [0.1, 0.15) is 47.0 Å². The lowest BCUT2D eigenvalue weighted by molar-refractivity contribution is 0.208. The monoisotopic (exact) mass is 155 g/mol. The Labute approximate surface area is 70.6 Å². The first kappa shape index (κ1) is 9.05. The molecule has 0 heterocycles. The van der Waals surface area contributed by atoms with Crippen LogP contribution in [-0.2, 0) is 0 Å². The zero-order valence-electron chi connectivity index (χ0n) is 8.28. The molecule has 0 amide bonds. The highest BCUT2D eigenvalue weighted by Crippen LogP contribution is 2.30. The maximum absolute atomic E-state index is 3.62. The fraction of sp³-hybridized carbons (Fsp3) is 1.00. The standard InChI is InChI=1S/C10H21N/c1-8(9-6-5-7-9)11-10(2,3)4/h8-9,11H,5-7H2,1-4H3. The predicted molar refractivity (Wildman–Crippen MR) is 49.7 cm³/mol. The highest BCUT2D eigenvalue weighted by atomic mass is 15.0. The maximum atomic E-state index is 3.62. The lowest BCUT2D eigenvalue weighted by Gasteiger charge is -2.36. The van der Waals surface area contributed by atoms with Crippen molar-refractivity contribution in [3.8, 4) is 0 Å². The first-order valence-corrected chi connectivity index (χ1v) is 4.77. The summed E-state index contributed by atoms with van der Waals surface area (Å²) in [6.45, 7) is 9.03. The molecule has 0 aromatic heterocycles. The molecule has 1 nitrogen and oxygen atoms in total. The van der Waals surface area contributed by atoms with Gasteiger partial charge in [0.15, 0.2) is 0 Å². The third-order valence-corrected chi connectivity index (χ3v) is 2.52. The summed E-state index contributed by atoms with van der Waals surface area (Å²) in [6.07, 6.45) is 4.31. The van der Waals surface area contributed by atoms with Gasteiger partial charge < -0.3 is 5.32 Å². The van der Waals surface area contributed by atoms with Crippen molar-refractivity contribution in [1.82, 2.24) is 5.32 Å². The average molecular weight is 155 g/mol. The molecule has 0 aromatic carbocycles. The van der Waals surface area contributed by atoms with Crippen LogP contribution in [-0.4, -0.2) is 11.6 Å². The van der Waals surface area contributed by atoms with E-state index in [0.717, 1.165) is 5.92 Å². The van der Waals surface area contributed by atoms with Crippen molar-refractivity contribution in [2.45, 2.75) is 58.5 Å². The SMILES string of the molecule is CC(NC(C)(C)C)C1CCC1. The van der Waals surface area contributed by atoms with Gasteiger partial charge in [0.05, 0.1) is 0 Å². The van der Waals surface area contributed by atoms with Crippen molar-refractivity contribution in [3.63, 3.8) is 0 Å². The van der Waals surface area contributed by atoms with Crippen molar-refractivity contribution in [3.05, 3.63) is 0 Å². The molecule has 1 N–H and O–H groups in total. The van der Waals surface area contributed by atoms with E-state index in [1.165, 1.54) is 19.3 Å². The Morgan fingerprint density at radius 1 is 1.27 bits per heavy atom. The zero-order chi connectivity index (χ0) is 8.48. The number of hydrogen-bond acceptors (Lipinski definition) is 1. The fourth-order valence-corrected chi connectivity index (χ4v) is 1.74. The molecule has 1 saturated carbocycles. The van der Waals surface area contributed by atoms with Crippen LogP contribution in [0.25, 0.3) is 0 Å². The summed E-state index contributed by atoms with van der Waals surface area (Å²) < 4.78 is 0. The maximum Gasteiger partial charge on any atom is 0.00990 e. The topological polar surface area (TPSA) is 12.0 Å². The molecule has 1 rings (SSSR count). The molecule has 1 aliphatic carbocycles. The van der Waals surface area contributed by atoms with Gasteiger partial charge in [0.1, 0.15) is 0 Å². The second-order valence-corrected chi connectivity index (χ2v) is 4.87. The van der Waals surface area contributed by atoms with E-state index in [1.54, 1.807) is 0 Å². The fourth-order valence-electron chi connectivity index (χ4n) is 1.74. The van der Waals surface area contributed by atoms with Crippen LogP contribution in [0.5, 0.6) is 0 Å². The van der Waals surface area contributed by atoms with Crippen LogP contribution in [0.3, 0.4) is 0 Å². The summed E-state index contributed by atoms with van der Waals surface area (Å²) >= 11 is 0. The van der Waals surface area contributed by atoms with E-state index in [4.69, 9.17) is 0 Å². The lowest BCUT2D eigenvalue weighted by Crippen LogP contribution is -2.47. The van der Waals surface area contributed by atoms with E-state index < -0.39 is 0 Å². The minimum absolute atomic E-state index is 0.287. The average Bonchev–Trinajstić information content (AvgIpc) is 1.50. The molecule has 1 aliphatic rings. The number of rotatable bonds is 2. The van der Waals surface area contributed by atoms with E-state index >= 15 is 0 Å². The minimum atomic E-state index is 0.287. The quantitative estimate of drug-likeness (QED) is 0.646. The van der Waals surface area contributed by atoms with Crippen LogP contribution < -0.4 is 5.32 Å². The van der Waals surface area contributed by atoms with Crippen molar-refractivity contribution in [2.24, 2.45) is 5.92 Å². The Kier molecular flexibility index (Phi) is 2.58. The minimum Gasteiger partial charge on any atom is -0.309 e. The molecule has 0 spiro atoms. The molecule has 0 aromatic rings. The van der Waals surface area contributed by atoms with Crippen LogP contribution in [0.15, 0.2) is 0 Å². The van der Waals surface area contributed by atoms with Gasteiger partial charge in [-0.15, -0.1) is 0 Å². The summed E-state index contributed by atoms with van der Waals surface area (Å²) in [7, 11) is 0. The zero-order valence-corrected chi connectivity index (χ0v) is 8.28. The molecule has 11 heavy (non-hydrogen) atoms. The van der Waals surface area contributed by atoms with Crippen molar-refractivity contribution >= 4 is 0 Å². The second kappa shape index (κ2) is 3.14. The number of hydrogen-bond donors (Lipinski definition) is 1. The molecule has 1 unspecified atom stereocenters. The van der Waals surface area contributed by atoms with Gasteiger partial charge in [-0.1, -0.05) is 6.42 Å². The summed E-state index contributed by atoms with van der Waals surface area (Å²) in [5.41, 5.74) is 0.287. The van der Waals surface area contributed by atoms with Crippen molar-refractivity contribution < 1.29 is 0 Å². The first-order chi connectivity index (χ1) is 4.99. The van der Waals surface area contributed by atoms with Gasteiger partial charge in [0.25, 0.3) is 0 Å². The third kappa shape index (κ3) is 2.82. The molecule has 1 heteroatoms. The smallest absolute Gasteiger partial charge is 0.00990 e. The molecule has 0 aliphatic heterocycles. The predicted octanol–water partition coefficient (Wildman–Crippen LogP) is 2.56. The Bertz CT molecular complexity index is 119. The second-order valence-electron chi connectivity index (χ2n) is 4.87. The van der Waals surface area contributed by atoms with E-state index in [1.807, 2.05) is 0 Å². The van der Waals surface area contributed by atoms with E-state index in [-0.39, 0.29) is 5.54 Å². The van der Waals surface area contributed by atoms with Gasteiger partial charge in [-0.25, -0.2) is 0 Å². The largest absolute Gasteiger partial charge is 0.309 e. The highest BCUT2D eigenvalue weighted by Gasteiger charge is 2.26. The normalized spacial score (nSPS) is 22.9. The van der Waals surface area contributed by atoms with Crippen LogP contribution in [0.4, 0.5) is 0 Å². The molecular weight excluding hydrogens is 134 g/mol. The summed E-state index contributed by atoms with van der Waals surface area (Å²) in [6, 6.07) is 0.712. The van der Waals surface area contributed by atoms with Crippen LogP contribution in [0, 0.1) is 5.92 Å². The van der Waals surface area contributed by atoms with Gasteiger partial charge >= 0.3 is 0 Å². The molecule has 1 atom stereocenters. The molecule has 1 fully saturated rings. The summed E-state index contributed by atoms with van der Waals surface area (Å²) in [5.74, 6) is 0.953. The van der Waals surface area contributed by atoms with E-state index in [2.05, 4.69) is 33.0 Å². The Balaban J connectivity index is 2.24. The highest BCUT2D eigenvalue weighted by molar-refractivity contribution is 4.84. The molecule has 0 bridgehead atoms. The Morgan fingerprint density at radius 2 is 1.82 bits per heavy atom. The van der Waals surface area contributed by atoms with E-state index in [9.17, 15) is 0 Å². The lowest BCUT2D eigenvalue weighted by atomic mass is 9.80. The van der Waals surface area contributed by atoms with Crippen molar-refractivity contribution in [1.29, 1.82) is 0 Å². The van der Waals surface area contributed by atoms with Gasteiger partial charge in [-0.3, -0.25) is 0 Å². The molecular formula is C10H21N. The third-order valence-electron chi connectivity index (χ3n) is 2.52. The first-order valence-electron chi connectivity index (χ1n) is 4.77. The number of nitrogens with one attached hydrogen (secondary N) is 1. The van der Waals surface area contributed by atoms with Crippen LogP contribution >= 0.6 is 0 Å². The molecule has 0 radical (unpaired) electrons. The summed E-state index contributed by atoms with van der Waals surface area (Å²) in [4.78, 5) is 0. The molecule has 66 valence electrons. The van der Waals surface area contributed by atoms with Gasteiger partial charge in [-0.05, 0) is 46.5 Å². The Morgan fingerprint density at radius 3 is 2.09 bits per heavy atom. The van der Waals surface area contributed by atoms with E-state index in [0.29, 0.717) is 6.04 Å². The van der Waals surface area contributed by atoms with Crippen molar-refractivity contribution in [2.75, 3.05) is 0 Å². The van der Waals surface area contributed by atoms with Gasteiger partial charge in [-0.2, -0.15) is 0 Å². The van der Waals surface area contributed by atoms with Crippen LogP contribution in [0.2, 0.25) is 0 Å². The Hall–Kier alpha value is -0.0400. The molecule has 0 saturated heterocycles.